The number of para-hydroxylation sites is 1. The third-order valence-electron chi connectivity index (χ3n) is 2.04. The van der Waals surface area contributed by atoms with E-state index < -0.39 is 5.97 Å². The molecule has 0 unspecified atom stereocenters. The average molecular weight is 258 g/mol. The maximum atomic E-state index is 11.3. The van der Waals surface area contributed by atoms with Crippen LogP contribution in [-0.2, 0) is 9.53 Å². The highest BCUT2D eigenvalue weighted by molar-refractivity contribution is 6.19. The molecule has 0 spiro atoms. The molecule has 0 atom stereocenters. The quantitative estimate of drug-likeness (QED) is 0.489. The number of carbonyl (C=O) groups is 2. The van der Waals surface area contributed by atoms with Crippen LogP contribution in [0.1, 0.15) is 16.8 Å². The number of anilines is 1. The van der Waals surface area contributed by atoms with Crippen LogP contribution in [0.2, 0.25) is 0 Å². The highest BCUT2D eigenvalue weighted by Gasteiger charge is 2.15. The molecule has 0 fully saturated rings. The van der Waals surface area contributed by atoms with Gasteiger partial charge in [-0.05, 0) is 12.1 Å². The van der Waals surface area contributed by atoms with Gasteiger partial charge in [-0.3, -0.25) is 4.79 Å². The maximum absolute atomic E-state index is 11.3. The number of hydrogen-bond acceptors (Lipinski definition) is 4. The van der Waals surface area contributed by atoms with Gasteiger partial charge in [0.25, 0.3) is 0 Å². The van der Waals surface area contributed by atoms with Gasteiger partial charge < -0.3 is 15.2 Å². The van der Waals surface area contributed by atoms with Crippen molar-refractivity contribution in [2.75, 3.05) is 18.3 Å². The van der Waals surface area contributed by atoms with E-state index in [9.17, 15) is 14.7 Å². The van der Waals surface area contributed by atoms with Gasteiger partial charge in [0.05, 0.1) is 12.8 Å². The summed E-state index contributed by atoms with van der Waals surface area (Å²) in [5, 5.41) is 12.2. The zero-order valence-corrected chi connectivity index (χ0v) is 9.95. The van der Waals surface area contributed by atoms with Crippen LogP contribution in [0.4, 0.5) is 5.69 Å². The molecule has 0 saturated heterocycles. The Kier molecular flexibility index (Phi) is 4.78. The van der Waals surface area contributed by atoms with Gasteiger partial charge in [-0.15, -0.1) is 11.6 Å². The SMILES string of the molecule is COC(=O)c1cccc(NC(=O)CCCl)c1O. The smallest absolute Gasteiger partial charge is 0.341 e. The molecule has 0 heterocycles. The fourth-order valence-corrected chi connectivity index (χ4v) is 1.39. The lowest BCUT2D eigenvalue weighted by molar-refractivity contribution is -0.115. The van der Waals surface area contributed by atoms with E-state index >= 15 is 0 Å². The van der Waals surface area contributed by atoms with Crippen LogP contribution in [0.3, 0.4) is 0 Å². The normalized spacial score (nSPS) is 9.76. The van der Waals surface area contributed by atoms with Crippen molar-refractivity contribution < 1.29 is 19.4 Å². The number of rotatable bonds is 4. The zero-order chi connectivity index (χ0) is 12.8. The number of ether oxygens (including phenoxy) is 1. The lowest BCUT2D eigenvalue weighted by atomic mass is 10.1. The molecule has 1 amide bonds. The molecule has 0 bridgehead atoms. The fourth-order valence-electron chi connectivity index (χ4n) is 1.22. The molecule has 0 aliphatic heterocycles. The van der Waals surface area contributed by atoms with Crippen molar-refractivity contribution in [1.82, 2.24) is 0 Å². The molecule has 2 N–H and O–H groups in total. The Bertz CT molecular complexity index is 433. The molecule has 1 aromatic rings. The monoisotopic (exact) mass is 257 g/mol. The molecule has 92 valence electrons. The van der Waals surface area contributed by atoms with Crippen LogP contribution in [0.15, 0.2) is 18.2 Å². The van der Waals surface area contributed by atoms with Gasteiger partial charge in [0, 0.05) is 12.3 Å². The molecular weight excluding hydrogens is 246 g/mol. The van der Waals surface area contributed by atoms with Crippen molar-refractivity contribution in [1.29, 1.82) is 0 Å². The van der Waals surface area contributed by atoms with Crippen LogP contribution in [-0.4, -0.2) is 30.0 Å². The number of phenols is 1. The summed E-state index contributed by atoms with van der Waals surface area (Å²) in [6.07, 6.45) is 0.128. The van der Waals surface area contributed by atoms with Crippen molar-refractivity contribution >= 4 is 29.2 Å². The average Bonchev–Trinajstić information content (AvgIpc) is 2.31. The molecule has 0 aromatic heterocycles. The summed E-state index contributed by atoms with van der Waals surface area (Å²) in [5.41, 5.74) is 0.152. The summed E-state index contributed by atoms with van der Waals surface area (Å²) in [4.78, 5) is 22.6. The van der Waals surface area contributed by atoms with Crippen LogP contribution in [0.25, 0.3) is 0 Å². The highest BCUT2D eigenvalue weighted by atomic mass is 35.5. The summed E-state index contributed by atoms with van der Waals surface area (Å²) in [5.74, 6) is -1.14. The predicted molar refractivity (Wildman–Crippen MR) is 63.4 cm³/mol. The second kappa shape index (κ2) is 6.10. The number of alkyl halides is 1. The van der Waals surface area contributed by atoms with E-state index in [0.717, 1.165) is 0 Å². The Labute approximate surface area is 103 Å². The Morgan fingerprint density at radius 2 is 2.18 bits per heavy atom. The summed E-state index contributed by atoms with van der Waals surface area (Å²) in [6, 6.07) is 4.41. The Balaban J connectivity index is 2.94. The van der Waals surface area contributed by atoms with Gasteiger partial charge in [0.15, 0.2) is 5.75 Å². The van der Waals surface area contributed by atoms with E-state index in [1.807, 2.05) is 0 Å². The van der Waals surface area contributed by atoms with Gasteiger partial charge >= 0.3 is 5.97 Å². The van der Waals surface area contributed by atoms with Gasteiger partial charge in [-0.2, -0.15) is 0 Å². The second-order valence-corrected chi connectivity index (χ2v) is 3.56. The molecule has 0 aliphatic rings. The van der Waals surface area contributed by atoms with Crippen LogP contribution in [0.5, 0.6) is 5.75 Å². The number of amides is 1. The number of halogens is 1. The van der Waals surface area contributed by atoms with Gasteiger partial charge in [0.1, 0.15) is 5.56 Å². The number of phenolic OH excluding ortho intramolecular Hbond substituents is 1. The van der Waals surface area contributed by atoms with E-state index in [2.05, 4.69) is 10.1 Å². The van der Waals surface area contributed by atoms with Crippen molar-refractivity contribution in [2.24, 2.45) is 0 Å². The predicted octanol–water partition coefficient (Wildman–Crippen LogP) is 1.75. The lowest BCUT2D eigenvalue weighted by Crippen LogP contribution is -2.12. The molecular formula is C11H12ClNO4. The maximum Gasteiger partial charge on any atom is 0.341 e. The summed E-state index contributed by atoms with van der Waals surface area (Å²) in [6.45, 7) is 0. The minimum atomic E-state index is -0.670. The van der Waals surface area contributed by atoms with E-state index in [1.54, 1.807) is 0 Å². The number of benzene rings is 1. The first kappa shape index (κ1) is 13.3. The fraction of sp³-hybridized carbons (Fsp3) is 0.273. The molecule has 5 nitrogen and oxygen atoms in total. The lowest BCUT2D eigenvalue weighted by Gasteiger charge is -2.09. The Morgan fingerprint density at radius 3 is 2.76 bits per heavy atom. The molecule has 0 saturated carbocycles. The molecule has 0 radical (unpaired) electrons. The van der Waals surface area contributed by atoms with Crippen molar-refractivity contribution in [3.8, 4) is 5.75 Å². The number of esters is 1. The molecule has 0 aliphatic carbocycles. The summed E-state index contributed by atoms with van der Waals surface area (Å²) in [7, 11) is 1.21. The number of nitrogens with one attached hydrogen (secondary N) is 1. The second-order valence-electron chi connectivity index (χ2n) is 3.18. The topological polar surface area (TPSA) is 75.6 Å². The van der Waals surface area contributed by atoms with Gasteiger partial charge in [-0.25, -0.2) is 4.79 Å². The minimum absolute atomic E-state index is 0.00354. The molecule has 6 heteroatoms. The van der Waals surface area contributed by atoms with Crippen molar-refractivity contribution in [3.05, 3.63) is 23.8 Å². The summed E-state index contributed by atoms with van der Waals surface area (Å²) < 4.78 is 4.49. The van der Waals surface area contributed by atoms with Crippen molar-refractivity contribution in [2.45, 2.75) is 6.42 Å². The first-order chi connectivity index (χ1) is 8.10. The first-order valence-electron chi connectivity index (χ1n) is 4.86. The number of aromatic hydroxyl groups is 1. The third-order valence-corrected chi connectivity index (χ3v) is 2.23. The Hall–Kier alpha value is -1.75. The van der Waals surface area contributed by atoms with E-state index in [0.29, 0.717) is 0 Å². The third kappa shape index (κ3) is 3.35. The minimum Gasteiger partial charge on any atom is -0.505 e. The van der Waals surface area contributed by atoms with Crippen LogP contribution < -0.4 is 5.32 Å². The van der Waals surface area contributed by atoms with E-state index in [4.69, 9.17) is 11.6 Å². The number of methoxy groups -OCH3 is 1. The van der Waals surface area contributed by atoms with Crippen LogP contribution >= 0.6 is 11.6 Å². The highest BCUT2D eigenvalue weighted by Crippen LogP contribution is 2.27. The number of hydrogen-bond donors (Lipinski definition) is 2. The Morgan fingerprint density at radius 1 is 1.47 bits per heavy atom. The van der Waals surface area contributed by atoms with Crippen LogP contribution in [0, 0.1) is 0 Å². The van der Waals surface area contributed by atoms with Gasteiger partial charge in [-0.1, -0.05) is 6.07 Å². The molecule has 1 rings (SSSR count). The van der Waals surface area contributed by atoms with Gasteiger partial charge in [0.2, 0.25) is 5.91 Å². The van der Waals surface area contributed by atoms with Crippen molar-refractivity contribution in [3.63, 3.8) is 0 Å². The summed E-state index contributed by atoms with van der Waals surface area (Å²) >= 11 is 5.41. The first-order valence-corrected chi connectivity index (χ1v) is 5.39. The standard InChI is InChI=1S/C11H12ClNO4/c1-17-11(16)7-3-2-4-8(10(7)15)13-9(14)5-6-12/h2-4,15H,5-6H2,1H3,(H,13,14). The molecule has 17 heavy (non-hydrogen) atoms. The molecule has 1 aromatic carbocycles. The van der Waals surface area contributed by atoms with E-state index in [-0.39, 0.29) is 35.2 Å². The zero-order valence-electron chi connectivity index (χ0n) is 9.20. The van der Waals surface area contributed by atoms with E-state index in [1.165, 1.54) is 25.3 Å². The number of carbonyl (C=O) groups excluding carboxylic acids is 2. The largest absolute Gasteiger partial charge is 0.505 e.